The van der Waals surface area contributed by atoms with Crippen LogP contribution in [0.1, 0.15) is 31.9 Å². The number of aliphatic hydroxyl groups is 1. The van der Waals surface area contributed by atoms with E-state index in [-0.39, 0.29) is 13.2 Å². The van der Waals surface area contributed by atoms with Gasteiger partial charge in [-0.25, -0.2) is 0 Å². The van der Waals surface area contributed by atoms with Crippen LogP contribution in [0, 0.1) is 0 Å². The Morgan fingerprint density at radius 1 is 1.24 bits per heavy atom. The molecule has 0 saturated carbocycles. The number of benzene rings is 1. The molecule has 0 spiro atoms. The largest absolute Gasteiger partial charge is 0.530 e. The Morgan fingerprint density at radius 2 is 1.71 bits per heavy atom. The molecule has 0 aliphatic heterocycles. The molecule has 17 heavy (non-hydrogen) atoms. The van der Waals surface area contributed by atoms with E-state index < -0.39 is 11.6 Å². The minimum absolute atomic E-state index is 0.0102. The second-order valence-electron chi connectivity index (χ2n) is 5.00. The van der Waals surface area contributed by atoms with Crippen LogP contribution in [0.5, 0.6) is 0 Å². The van der Waals surface area contributed by atoms with E-state index >= 15 is 0 Å². The average Bonchev–Trinajstić information content (AvgIpc) is 2.24. The standard InChI is InChI=1S/C13H19NO3/c1-13(2,3)14(12(16)17)8-10-4-6-11(9-15)7-5-10/h4-7,15H,8-9H2,1-3H3,(H,16,17)/p-1. The molecule has 0 radical (unpaired) electrons. The predicted octanol–water partition coefficient (Wildman–Crippen LogP) is 1.12. The zero-order valence-corrected chi connectivity index (χ0v) is 10.4. The first-order valence-electron chi connectivity index (χ1n) is 5.52. The Hall–Kier alpha value is -1.55. The molecule has 0 bridgehead atoms. The third-order valence-electron chi connectivity index (χ3n) is 2.58. The van der Waals surface area contributed by atoms with E-state index in [9.17, 15) is 9.90 Å². The molecule has 4 heteroatoms. The second kappa shape index (κ2) is 5.19. The quantitative estimate of drug-likeness (QED) is 0.855. The highest BCUT2D eigenvalue weighted by Gasteiger charge is 2.21. The monoisotopic (exact) mass is 236 g/mol. The first-order chi connectivity index (χ1) is 7.84. The number of carbonyl (C=O) groups excluding carboxylic acids is 1. The normalized spacial score (nSPS) is 11.3. The molecule has 0 fully saturated rings. The summed E-state index contributed by atoms with van der Waals surface area (Å²) in [4.78, 5) is 12.3. The summed E-state index contributed by atoms with van der Waals surface area (Å²) in [7, 11) is 0. The SMILES string of the molecule is CC(C)(C)N(Cc1ccc(CO)cc1)C(=O)[O-]. The minimum Gasteiger partial charge on any atom is -0.530 e. The summed E-state index contributed by atoms with van der Waals surface area (Å²) in [6.45, 7) is 5.75. The molecule has 0 heterocycles. The Bertz CT molecular complexity index is 379. The molecule has 1 rings (SSSR count). The lowest BCUT2D eigenvalue weighted by atomic mass is 10.0. The lowest BCUT2D eigenvalue weighted by Gasteiger charge is -2.38. The smallest absolute Gasteiger partial charge is 0.137 e. The molecule has 0 saturated heterocycles. The molecule has 0 aromatic heterocycles. The van der Waals surface area contributed by atoms with Crippen LogP contribution in [0.25, 0.3) is 0 Å². The third kappa shape index (κ3) is 3.75. The number of carboxylic acid groups (broad SMARTS) is 1. The number of nitrogens with zero attached hydrogens (tertiary/aromatic N) is 1. The van der Waals surface area contributed by atoms with E-state index in [0.29, 0.717) is 0 Å². The summed E-state index contributed by atoms with van der Waals surface area (Å²) in [6.07, 6.45) is -1.18. The first kappa shape index (κ1) is 13.5. The van der Waals surface area contributed by atoms with Gasteiger partial charge in [0, 0.05) is 12.1 Å². The van der Waals surface area contributed by atoms with Gasteiger partial charge in [0.1, 0.15) is 6.09 Å². The van der Waals surface area contributed by atoms with Crippen molar-refractivity contribution in [2.24, 2.45) is 0 Å². The van der Waals surface area contributed by atoms with E-state index in [0.717, 1.165) is 11.1 Å². The van der Waals surface area contributed by atoms with Gasteiger partial charge < -0.3 is 19.9 Å². The maximum absolute atomic E-state index is 11.0. The summed E-state index contributed by atoms with van der Waals surface area (Å²) >= 11 is 0. The highest BCUT2D eigenvalue weighted by molar-refractivity contribution is 5.63. The predicted molar refractivity (Wildman–Crippen MR) is 63.1 cm³/mol. The summed E-state index contributed by atoms with van der Waals surface area (Å²) < 4.78 is 0. The van der Waals surface area contributed by atoms with Crippen molar-refractivity contribution in [3.8, 4) is 0 Å². The van der Waals surface area contributed by atoms with Gasteiger partial charge in [0.25, 0.3) is 0 Å². The van der Waals surface area contributed by atoms with Crippen LogP contribution in [-0.4, -0.2) is 21.6 Å². The van der Waals surface area contributed by atoms with E-state index in [1.807, 2.05) is 32.9 Å². The van der Waals surface area contributed by atoms with Gasteiger partial charge in [0.2, 0.25) is 0 Å². The molecule has 0 unspecified atom stereocenters. The van der Waals surface area contributed by atoms with Gasteiger partial charge >= 0.3 is 0 Å². The lowest BCUT2D eigenvalue weighted by Crippen LogP contribution is -2.50. The summed E-state index contributed by atoms with van der Waals surface area (Å²) in [5.41, 5.74) is 1.19. The van der Waals surface area contributed by atoms with E-state index in [1.165, 1.54) is 4.90 Å². The fourth-order valence-corrected chi connectivity index (χ4v) is 1.51. The van der Waals surface area contributed by atoms with Crippen LogP contribution in [0.4, 0.5) is 4.79 Å². The summed E-state index contributed by atoms with van der Waals surface area (Å²) in [5, 5.41) is 20.0. The van der Waals surface area contributed by atoms with Crippen molar-refractivity contribution in [3.05, 3.63) is 35.4 Å². The van der Waals surface area contributed by atoms with Crippen molar-refractivity contribution >= 4 is 6.09 Å². The number of rotatable bonds is 3. The fraction of sp³-hybridized carbons (Fsp3) is 0.462. The van der Waals surface area contributed by atoms with Crippen molar-refractivity contribution in [1.82, 2.24) is 4.90 Å². The molecule has 4 nitrogen and oxygen atoms in total. The third-order valence-corrected chi connectivity index (χ3v) is 2.58. The molecule has 94 valence electrons. The van der Waals surface area contributed by atoms with Gasteiger partial charge in [-0.15, -0.1) is 0 Å². The zero-order valence-electron chi connectivity index (χ0n) is 10.4. The summed E-state index contributed by atoms with van der Waals surface area (Å²) in [6, 6.07) is 7.19. The Balaban J connectivity index is 2.83. The Kier molecular flexibility index (Phi) is 4.12. The minimum atomic E-state index is -1.18. The van der Waals surface area contributed by atoms with Crippen molar-refractivity contribution in [2.75, 3.05) is 0 Å². The second-order valence-corrected chi connectivity index (χ2v) is 5.00. The maximum atomic E-state index is 11.0. The molecular formula is C13H18NO3-. The number of hydrogen-bond acceptors (Lipinski definition) is 3. The van der Waals surface area contributed by atoms with Crippen LogP contribution < -0.4 is 5.11 Å². The van der Waals surface area contributed by atoms with Gasteiger partial charge in [-0.3, -0.25) is 0 Å². The number of carbonyl (C=O) groups is 1. The average molecular weight is 236 g/mol. The highest BCUT2D eigenvalue weighted by Crippen LogP contribution is 2.17. The van der Waals surface area contributed by atoms with Crippen LogP contribution >= 0.6 is 0 Å². The molecule has 1 N–H and O–H groups in total. The fourth-order valence-electron chi connectivity index (χ4n) is 1.51. The first-order valence-corrected chi connectivity index (χ1v) is 5.52. The van der Waals surface area contributed by atoms with Crippen molar-refractivity contribution < 1.29 is 15.0 Å². The van der Waals surface area contributed by atoms with Crippen LogP contribution in [0.3, 0.4) is 0 Å². The molecule has 0 atom stereocenters. The number of amides is 1. The van der Waals surface area contributed by atoms with Crippen LogP contribution in [0.15, 0.2) is 24.3 Å². The van der Waals surface area contributed by atoms with Crippen LogP contribution in [0.2, 0.25) is 0 Å². The van der Waals surface area contributed by atoms with Crippen LogP contribution in [-0.2, 0) is 13.2 Å². The summed E-state index contributed by atoms with van der Waals surface area (Å²) in [5.74, 6) is 0. The van der Waals surface area contributed by atoms with Gasteiger partial charge in [-0.1, -0.05) is 24.3 Å². The number of hydrogen-bond donors (Lipinski definition) is 1. The Labute approximate surface area is 101 Å². The highest BCUT2D eigenvalue weighted by atomic mass is 16.4. The van der Waals surface area contributed by atoms with Gasteiger partial charge in [0.05, 0.1) is 6.61 Å². The molecule has 0 aliphatic carbocycles. The lowest BCUT2D eigenvalue weighted by molar-refractivity contribution is -0.271. The molecular weight excluding hydrogens is 218 g/mol. The van der Waals surface area contributed by atoms with Crippen molar-refractivity contribution in [3.63, 3.8) is 0 Å². The molecule has 1 aromatic carbocycles. The van der Waals surface area contributed by atoms with E-state index in [4.69, 9.17) is 5.11 Å². The van der Waals surface area contributed by atoms with E-state index in [2.05, 4.69) is 0 Å². The van der Waals surface area contributed by atoms with Crippen molar-refractivity contribution in [2.45, 2.75) is 39.5 Å². The molecule has 1 aromatic rings. The maximum Gasteiger partial charge on any atom is 0.137 e. The Morgan fingerprint density at radius 3 is 2.06 bits per heavy atom. The molecule has 1 amide bonds. The number of aliphatic hydroxyl groups excluding tert-OH is 1. The van der Waals surface area contributed by atoms with Gasteiger partial charge in [-0.05, 0) is 31.9 Å². The topological polar surface area (TPSA) is 63.6 Å². The molecule has 0 aliphatic rings. The van der Waals surface area contributed by atoms with Gasteiger partial charge in [-0.2, -0.15) is 0 Å². The zero-order chi connectivity index (χ0) is 13.1. The van der Waals surface area contributed by atoms with Gasteiger partial charge in [0.15, 0.2) is 0 Å². The van der Waals surface area contributed by atoms with E-state index in [1.54, 1.807) is 12.1 Å². The van der Waals surface area contributed by atoms with Crippen molar-refractivity contribution in [1.29, 1.82) is 0 Å².